The van der Waals surface area contributed by atoms with Crippen molar-refractivity contribution in [1.29, 1.82) is 0 Å². The number of pyridine rings is 1. The molecular weight excluding hydrogens is 401 g/mol. The lowest BCUT2D eigenvalue weighted by Crippen LogP contribution is -2.46. The van der Waals surface area contributed by atoms with Crippen molar-refractivity contribution < 1.29 is 32.5 Å². The molecule has 168 valence electrons. The maximum atomic E-state index is 13.2. The average Bonchev–Trinajstić information content (AvgIpc) is 2.99. The molecule has 0 bridgehead atoms. The molecule has 2 heterocycles. The number of anilines is 1. The van der Waals surface area contributed by atoms with Gasteiger partial charge in [0.15, 0.2) is 6.10 Å². The zero-order chi connectivity index (χ0) is 22.2. The number of nitrogens with zero attached hydrogens (tertiary/aromatic N) is 2. The summed E-state index contributed by atoms with van der Waals surface area (Å²) in [5.74, 6) is -0.161. The van der Waals surface area contributed by atoms with Crippen LogP contribution in [-0.2, 0) is 9.53 Å². The van der Waals surface area contributed by atoms with E-state index in [-0.39, 0.29) is 24.5 Å². The second-order valence-electron chi connectivity index (χ2n) is 8.73. The Morgan fingerprint density at radius 1 is 1.17 bits per heavy atom. The van der Waals surface area contributed by atoms with Crippen LogP contribution in [0.2, 0.25) is 0 Å². The van der Waals surface area contributed by atoms with Gasteiger partial charge in [-0.3, -0.25) is 4.79 Å². The predicted molar refractivity (Wildman–Crippen MR) is 104 cm³/mol. The number of ether oxygens (including phenoxy) is 2. The number of hydrogen-bond donors (Lipinski definition) is 1. The first-order valence-electron chi connectivity index (χ1n) is 10.3. The van der Waals surface area contributed by atoms with E-state index in [9.17, 15) is 23.1 Å². The van der Waals surface area contributed by atoms with Crippen LogP contribution >= 0.6 is 0 Å². The average molecular weight is 430 g/mol. The van der Waals surface area contributed by atoms with Crippen molar-refractivity contribution in [3.05, 3.63) is 18.3 Å². The molecule has 6 nitrogen and oxygen atoms in total. The van der Waals surface area contributed by atoms with Crippen LogP contribution in [0.3, 0.4) is 0 Å². The molecule has 30 heavy (non-hydrogen) atoms. The lowest BCUT2D eigenvalue weighted by Gasteiger charge is -2.41. The number of aliphatic hydroxyl groups is 1. The van der Waals surface area contributed by atoms with E-state index in [1.165, 1.54) is 12.3 Å². The van der Waals surface area contributed by atoms with E-state index in [2.05, 4.69) is 4.98 Å². The molecule has 1 N–H and O–H groups in total. The van der Waals surface area contributed by atoms with Crippen molar-refractivity contribution in [2.45, 2.75) is 76.9 Å². The smallest absolute Gasteiger partial charge is 0.425 e. The second-order valence-corrected chi connectivity index (χ2v) is 8.73. The predicted octanol–water partition coefficient (Wildman–Crippen LogP) is 3.86. The third-order valence-electron chi connectivity index (χ3n) is 6.13. The van der Waals surface area contributed by atoms with Crippen molar-refractivity contribution in [1.82, 2.24) is 4.98 Å². The largest absolute Gasteiger partial charge is 0.465 e. The summed E-state index contributed by atoms with van der Waals surface area (Å²) >= 11 is 0. The fourth-order valence-corrected chi connectivity index (χ4v) is 4.04. The molecular formula is C21H29F3N2O4. The van der Waals surface area contributed by atoms with Crippen molar-refractivity contribution in [3.8, 4) is 5.88 Å². The van der Waals surface area contributed by atoms with Crippen LogP contribution in [0.5, 0.6) is 5.88 Å². The highest BCUT2D eigenvalue weighted by Crippen LogP contribution is 2.48. The molecule has 1 atom stereocenters. The fourth-order valence-electron chi connectivity index (χ4n) is 4.04. The lowest BCUT2D eigenvalue weighted by molar-refractivity contribution is -0.189. The molecule has 0 unspecified atom stereocenters. The van der Waals surface area contributed by atoms with Gasteiger partial charge in [0, 0.05) is 12.6 Å². The lowest BCUT2D eigenvalue weighted by atomic mass is 9.68. The summed E-state index contributed by atoms with van der Waals surface area (Å²) in [5, 5.41) is 10.7. The molecule has 1 amide bonds. The highest BCUT2D eigenvalue weighted by molar-refractivity contribution is 5.99. The number of halogens is 3. The Kier molecular flexibility index (Phi) is 6.34. The van der Waals surface area contributed by atoms with Gasteiger partial charge < -0.3 is 19.5 Å². The van der Waals surface area contributed by atoms with Crippen LogP contribution < -0.4 is 9.64 Å². The molecule has 1 spiro atoms. The van der Waals surface area contributed by atoms with Crippen LogP contribution in [-0.4, -0.2) is 53.1 Å². The maximum Gasteiger partial charge on any atom is 0.425 e. The number of aromatic nitrogens is 1. The quantitative estimate of drug-likeness (QED) is 0.742. The molecule has 1 saturated carbocycles. The van der Waals surface area contributed by atoms with E-state index in [1.807, 2.05) is 13.8 Å². The van der Waals surface area contributed by atoms with Crippen LogP contribution in [0.25, 0.3) is 0 Å². The molecule has 1 aliphatic carbocycles. The first-order chi connectivity index (χ1) is 13.9. The standard InChI is InChI=1S/C21H29F3N2O4/c1-14(2)29-13-20(28)8-6-19(7-9-20)10-11-26(18(19)27)16-4-5-17(25-12-16)30-15(3)21(22,23)24/h4-5,12,14-15,28H,6-11,13H2,1-3H3/t15-,19-,20-/m1/s1. The van der Waals surface area contributed by atoms with Crippen LogP contribution in [0.4, 0.5) is 18.9 Å². The number of rotatable bonds is 6. The normalized spacial score (nSPS) is 28.4. The molecule has 9 heteroatoms. The molecule has 1 aliphatic heterocycles. The van der Waals surface area contributed by atoms with Gasteiger partial charge in [-0.05, 0) is 58.9 Å². The minimum atomic E-state index is -4.47. The van der Waals surface area contributed by atoms with Gasteiger partial charge in [0.05, 0.1) is 35.6 Å². The highest BCUT2D eigenvalue weighted by atomic mass is 19.4. The minimum absolute atomic E-state index is 0.0199. The van der Waals surface area contributed by atoms with Gasteiger partial charge in [-0.15, -0.1) is 0 Å². The number of carbonyl (C=O) groups excluding carboxylic acids is 1. The molecule has 0 radical (unpaired) electrons. The monoisotopic (exact) mass is 430 g/mol. The summed E-state index contributed by atoms with van der Waals surface area (Å²) in [4.78, 5) is 18.7. The minimum Gasteiger partial charge on any atom is -0.465 e. The van der Waals surface area contributed by atoms with Crippen molar-refractivity contribution in [2.24, 2.45) is 5.41 Å². The SMILES string of the molecule is CC(C)OC[C@]1(O)CC[C@@]2(CCN(c3ccc(O[C@H](C)C(F)(F)F)nc3)C2=O)CC1. The van der Waals surface area contributed by atoms with Crippen molar-refractivity contribution in [2.75, 3.05) is 18.1 Å². The van der Waals surface area contributed by atoms with Crippen LogP contribution in [0.1, 0.15) is 52.9 Å². The Balaban J connectivity index is 1.62. The summed E-state index contributed by atoms with van der Waals surface area (Å²) in [6.07, 6.45) is -2.20. The van der Waals surface area contributed by atoms with Gasteiger partial charge in [0.25, 0.3) is 0 Å². The van der Waals surface area contributed by atoms with Crippen molar-refractivity contribution >= 4 is 11.6 Å². The Morgan fingerprint density at radius 3 is 2.37 bits per heavy atom. The first-order valence-corrected chi connectivity index (χ1v) is 10.3. The van der Waals surface area contributed by atoms with Gasteiger partial charge in [-0.2, -0.15) is 13.2 Å². The van der Waals surface area contributed by atoms with Crippen LogP contribution in [0, 0.1) is 5.41 Å². The summed E-state index contributed by atoms with van der Waals surface area (Å²) in [6.45, 7) is 5.53. The van der Waals surface area contributed by atoms with E-state index >= 15 is 0 Å². The maximum absolute atomic E-state index is 13.2. The Labute approximate surface area is 174 Å². The van der Waals surface area contributed by atoms with Gasteiger partial charge >= 0.3 is 6.18 Å². The fraction of sp³-hybridized carbons (Fsp3) is 0.714. The number of hydrogen-bond acceptors (Lipinski definition) is 5. The molecule has 0 aromatic carbocycles. The van der Waals surface area contributed by atoms with Gasteiger partial charge in [-0.25, -0.2) is 4.98 Å². The summed E-state index contributed by atoms with van der Waals surface area (Å²) in [5.41, 5.74) is -0.879. The topological polar surface area (TPSA) is 71.9 Å². The highest BCUT2D eigenvalue weighted by Gasteiger charge is 2.51. The molecule has 3 rings (SSSR count). The van der Waals surface area contributed by atoms with E-state index < -0.39 is 23.3 Å². The number of amides is 1. The van der Waals surface area contributed by atoms with Gasteiger partial charge in [-0.1, -0.05) is 0 Å². The van der Waals surface area contributed by atoms with Gasteiger partial charge in [0.2, 0.25) is 11.8 Å². The molecule has 1 aromatic heterocycles. The van der Waals surface area contributed by atoms with E-state index in [0.29, 0.717) is 44.3 Å². The Morgan fingerprint density at radius 2 is 1.83 bits per heavy atom. The zero-order valence-corrected chi connectivity index (χ0v) is 17.5. The summed E-state index contributed by atoms with van der Waals surface area (Å²) in [6, 6.07) is 2.90. The summed E-state index contributed by atoms with van der Waals surface area (Å²) in [7, 11) is 0. The van der Waals surface area contributed by atoms with Crippen molar-refractivity contribution in [3.63, 3.8) is 0 Å². The summed E-state index contributed by atoms with van der Waals surface area (Å²) < 4.78 is 48.3. The zero-order valence-electron chi connectivity index (χ0n) is 17.5. The Hall–Kier alpha value is -1.87. The number of carbonyl (C=O) groups is 1. The molecule has 2 fully saturated rings. The molecule has 1 saturated heterocycles. The van der Waals surface area contributed by atoms with E-state index in [4.69, 9.17) is 9.47 Å². The first kappa shape index (κ1) is 22.8. The van der Waals surface area contributed by atoms with Gasteiger partial charge in [0.1, 0.15) is 0 Å². The third kappa shape index (κ3) is 4.88. The Bertz CT molecular complexity index is 744. The van der Waals surface area contributed by atoms with E-state index in [1.54, 1.807) is 11.0 Å². The van der Waals surface area contributed by atoms with E-state index in [0.717, 1.165) is 6.92 Å². The van der Waals surface area contributed by atoms with Crippen LogP contribution in [0.15, 0.2) is 18.3 Å². The second kappa shape index (κ2) is 8.34. The third-order valence-corrected chi connectivity index (χ3v) is 6.13. The number of alkyl halides is 3. The molecule has 2 aliphatic rings. The molecule has 1 aromatic rings.